The van der Waals surface area contributed by atoms with E-state index in [1.807, 2.05) is 13.1 Å². The summed E-state index contributed by atoms with van der Waals surface area (Å²) in [5, 5.41) is 3.14. The van der Waals surface area contributed by atoms with Crippen LogP contribution in [0.3, 0.4) is 0 Å². The molecular weight excluding hydrogens is 228 g/mol. The molecule has 18 heavy (non-hydrogen) atoms. The molecule has 1 heterocycles. The minimum absolute atomic E-state index is 0.555. The maximum Gasteiger partial charge on any atom is 0.213 e. The molecule has 0 saturated carbocycles. The third-order valence-corrected chi connectivity index (χ3v) is 2.48. The zero-order chi connectivity index (χ0) is 13.2. The summed E-state index contributed by atoms with van der Waals surface area (Å²) in [4.78, 5) is 4.45. The number of aryl methyl sites for hydroxylation is 1. The molecule has 0 saturated heterocycles. The predicted molar refractivity (Wildman–Crippen MR) is 73.0 cm³/mol. The number of pyridine rings is 1. The van der Waals surface area contributed by atoms with Crippen LogP contribution in [0.1, 0.15) is 31.5 Å². The first kappa shape index (κ1) is 14.9. The van der Waals surface area contributed by atoms with Gasteiger partial charge in [-0.2, -0.15) is 0 Å². The van der Waals surface area contributed by atoms with E-state index < -0.39 is 0 Å². The molecule has 0 aliphatic rings. The Labute approximate surface area is 110 Å². The normalized spacial score (nSPS) is 10.6. The van der Waals surface area contributed by atoms with Gasteiger partial charge in [-0.05, 0) is 31.5 Å². The first-order valence-electron chi connectivity index (χ1n) is 6.65. The van der Waals surface area contributed by atoms with Crippen LogP contribution in [0, 0.1) is 0 Å². The van der Waals surface area contributed by atoms with E-state index in [0.29, 0.717) is 19.1 Å². The number of hydrogen-bond donors (Lipinski definition) is 1. The molecule has 0 unspecified atom stereocenters. The van der Waals surface area contributed by atoms with Crippen molar-refractivity contribution in [2.45, 2.75) is 33.2 Å². The zero-order valence-electron chi connectivity index (χ0n) is 11.7. The van der Waals surface area contributed by atoms with E-state index >= 15 is 0 Å². The Morgan fingerprint density at radius 3 is 2.67 bits per heavy atom. The maximum absolute atomic E-state index is 5.62. The van der Waals surface area contributed by atoms with Gasteiger partial charge in [-0.15, -0.1) is 0 Å². The average Bonchev–Trinajstić information content (AvgIpc) is 2.38. The van der Waals surface area contributed by atoms with E-state index in [2.05, 4.69) is 30.2 Å². The fourth-order valence-electron chi connectivity index (χ4n) is 1.63. The molecule has 0 spiro atoms. The minimum Gasteiger partial charge on any atom is -0.475 e. The molecule has 0 amide bonds. The Morgan fingerprint density at radius 2 is 2.00 bits per heavy atom. The SMILES string of the molecule is CCCOCCOc1cc(CNC)cc(CC)n1. The second-order valence-corrected chi connectivity index (χ2v) is 4.15. The van der Waals surface area contributed by atoms with Crippen LogP contribution in [0.5, 0.6) is 5.88 Å². The molecule has 1 aromatic rings. The number of ether oxygens (including phenoxy) is 2. The van der Waals surface area contributed by atoms with Crippen LogP contribution in [-0.2, 0) is 17.7 Å². The number of nitrogens with zero attached hydrogens (tertiary/aromatic N) is 1. The van der Waals surface area contributed by atoms with Crippen molar-refractivity contribution < 1.29 is 9.47 Å². The van der Waals surface area contributed by atoms with Gasteiger partial charge in [0, 0.05) is 24.9 Å². The summed E-state index contributed by atoms with van der Waals surface area (Å²) >= 11 is 0. The van der Waals surface area contributed by atoms with Gasteiger partial charge in [0.25, 0.3) is 0 Å². The molecule has 0 aliphatic carbocycles. The van der Waals surface area contributed by atoms with Gasteiger partial charge in [0.2, 0.25) is 5.88 Å². The van der Waals surface area contributed by atoms with Gasteiger partial charge in [0.1, 0.15) is 6.61 Å². The second kappa shape index (κ2) is 8.89. The molecule has 0 fully saturated rings. The Kier molecular flexibility index (Phi) is 7.37. The summed E-state index contributed by atoms with van der Waals surface area (Å²) in [6.07, 6.45) is 1.95. The van der Waals surface area contributed by atoms with Gasteiger partial charge in [-0.3, -0.25) is 0 Å². The topological polar surface area (TPSA) is 43.4 Å². The lowest BCUT2D eigenvalue weighted by Crippen LogP contribution is -2.10. The number of hydrogen-bond acceptors (Lipinski definition) is 4. The van der Waals surface area contributed by atoms with Crippen molar-refractivity contribution in [3.63, 3.8) is 0 Å². The monoisotopic (exact) mass is 252 g/mol. The lowest BCUT2D eigenvalue weighted by Gasteiger charge is -2.09. The Balaban J connectivity index is 2.50. The summed E-state index contributed by atoms with van der Waals surface area (Å²) in [6.45, 7) is 6.98. The summed E-state index contributed by atoms with van der Waals surface area (Å²) in [5.41, 5.74) is 2.26. The molecular formula is C14H24N2O2. The van der Waals surface area contributed by atoms with Gasteiger partial charge in [-0.1, -0.05) is 13.8 Å². The van der Waals surface area contributed by atoms with Crippen molar-refractivity contribution in [2.75, 3.05) is 26.9 Å². The highest BCUT2D eigenvalue weighted by Crippen LogP contribution is 2.13. The van der Waals surface area contributed by atoms with Crippen molar-refractivity contribution in [2.24, 2.45) is 0 Å². The maximum atomic E-state index is 5.62. The quantitative estimate of drug-likeness (QED) is 0.684. The van der Waals surface area contributed by atoms with Gasteiger partial charge in [0.05, 0.1) is 6.61 Å². The zero-order valence-corrected chi connectivity index (χ0v) is 11.7. The fraction of sp³-hybridized carbons (Fsp3) is 0.643. The molecule has 1 rings (SSSR count). The molecule has 0 bridgehead atoms. The van der Waals surface area contributed by atoms with Crippen molar-refractivity contribution in [1.29, 1.82) is 0 Å². The fourth-order valence-corrected chi connectivity index (χ4v) is 1.63. The molecule has 102 valence electrons. The minimum atomic E-state index is 0.555. The summed E-state index contributed by atoms with van der Waals surface area (Å²) in [6, 6.07) is 4.09. The first-order valence-corrected chi connectivity index (χ1v) is 6.65. The highest BCUT2D eigenvalue weighted by atomic mass is 16.5. The molecule has 0 atom stereocenters. The Hall–Kier alpha value is -1.13. The standard InChI is InChI=1S/C14H24N2O2/c1-4-6-17-7-8-18-14-10-12(11-15-3)9-13(5-2)16-14/h9-10,15H,4-8,11H2,1-3H3. The third kappa shape index (κ3) is 5.47. The van der Waals surface area contributed by atoms with E-state index in [0.717, 1.165) is 31.7 Å². The van der Waals surface area contributed by atoms with Crippen molar-refractivity contribution in [1.82, 2.24) is 10.3 Å². The van der Waals surface area contributed by atoms with Gasteiger partial charge >= 0.3 is 0 Å². The van der Waals surface area contributed by atoms with Gasteiger partial charge < -0.3 is 14.8 Å². The van der Waals surface area contributed by atoms with Gasteiger partial charge in [0.15, 0.2) is 0 Å². The number of rotatable bonds is 9. The van der Waals surface area contributed by atoms with E-state index in [1.54, 1.807) is 0 Å². The van der Waals surface area contributed by atoms with Crippen LogP contribution in [-0.4, -0.2) is 31.9 Å². The molecule has 4 heteroatoms. The third-order valence-electron chi connectivity index (χ3n) is 2.48. The number of nitrogens with one attached hydrogen (secondary N) is 1. The van der Waals surface area contributed by atoms with Crippen LogP contribution in [0.2, 0.25) is 0 Å². The van der Waals surface area contributed by atoms with Crippen LogP contribution >= 0.6 is 0 Å². The largest absolute Gasteiger partial charge is 0.475 e. The first-order chi connectivity index (χ1) is 8.80. The van der Waals surface area contributed by atoms with Crippen molar-refractivity contribution in [3.8, 4) is 5.88 Å². The highest BCUT2D eigenvalue weighted by molar-refractivity contribution is 5.25. The van der Waals surface area contributed by atoms with E-state index in [4.69, 9.17) is 9.47 Å². The van der Waals surface area contributed by atoms with Crippen LogP contribution in [0.4, 0.5) is 0 Å². The molecule has 1 N–H and O–H groups in total. The summed E-state index contributed by atoms with van der Waals surface area (Å²) in [7, 11) is 1.94. The van der Waals surface area contributed by atoms with Crippen LogP contribution in [0.25, 0.3) is 0 Å². The van der Waals surface area contributed by atoms with Gasteiger partial charge in [-0.25, -0.2) is 4.98 Å². The lowest BCUT2D eigenvalue weighted by molar-refractivity contribution is 0.0989. The smallest absolute Gasteiger partial charge is 0.213 e. The number of aromatic nitrogens is 1. The Morgan fingerprint density at radius 1 is 1.17 bits per heavy atom. The molecule has 0 radical (unpaired) electrons. The molecule has 0 aromatic carbocycles. The Bertz CT molecular complexity index is 343. The van der Waals surface area contributed by atoms with Crippen LogP contribution in [0.15, 0.2) is 12.1 Å². The molecule has 4 nitrogen and oxygen atoms in total. The highest BCUT2D eigenvalue weighted by Gasteiger charge is 2.02. The van der Waals surface area contributed by atoms with Crippen molar-refractivity contribution >= 4 is 0 Å². The molecule has 1 aromatic heterocycles. The van der Waals surface area contributed by atoms with Crippen molar-refractivity contribution in [3.05, 3.63) is 23.4 Å². The average molecular weight is 252 g/mol. The summed E-state index contributed by atoms with van der Waals surface area (Å²) in [5.74, 6) is 0.694. The van der Waals surface area contributed by atoms with Crippen LogP contribution < -0.4 is 10.1 Å². The van der Waals surface area contributed by atoms with E-state index in [9.17, 15) is 0 Å². The predicted octanol–water partition coefficient (Wildman–Crippen LogP) is 2.17. The second-order valence-electron chi connectivity index (χ2n) is 4.15. The summed E-state index contributed by atoms with van der Waals surface area (Å²) < 4.78 is 11.0. The lowest BCUT2D eigenvalue weighted by atomic mass is 10.2. The molecule has 0 aliphatic heterocycles. The van der Waals surface area contributed by atoms with E-state index in [-0.39, 0.29) is 0 Å². The van der Waals surface area contributed by atoms with E-state index in [1.165, 1.54) is 5.56 Å².